The molecule has 0 aromatic carbocycles. The number of halogens is 1. The van der Waals surface area contributed by atoms with E-state index in [2.05, 4.69) is 42.4 Å². The van der Waals surface area contributed by atoms with Crippen molar-refractivity contribution in [2.45, 2.75) is 26.8 Å². The lowest BCUT2D eigenvalue weighted by molar-refractivity contribution is -0.677. The monoisotopic (exact) mass is 230 g/mol. The minimum absolute atomic E-state index is 0. The zero-order chi connectivity index (χ0) is 10.2. The average Bonchev–Trinajstić information content (AvgIpc) is 2.42. The molecule has 1 fully saturated rings. The van der Waals surface area contributed by atoms with E-state index in [1.54, 1.807) is 0 Å². The van der Waals surface area contributed by atoms with Crippen LogP contribution >= 0.6 is 0 Å². The van der Waals surface area contributed by atoms with Gasteiger partial charge in [0.05, 0.1) is 25.7 Å². The Morgan fingerprint density at radius 3 is 2.53 bits per heavy atom. The molecule has 0 aliphatic carbocycles. The highest BCUT2D eigenvalue weighted by Gasteiger charge is 2.39. The van der Waals surface area contributed by atoms with Crippen molar-refractivity contribution in [1.82, 2.24) is 4.57 Å². The van der Waals surface area contributed by atoms with Gasteiger partial charge < -0.3 is 17.1 Å². The lowest BCUT2D eigenvalue weighted by Gasteiger charge is -2.39. The number of aromatic nitrogens is 2. The lowest BCUT2D eigenvalue weighted by atomic mass is 9.83. The minimum Gasteiger partial charge on any atom is -1.00 e. The van der Waals surface area contributed by atoms with Gasteiger partial charge in [-0.15, -0.1) is 0 Å². The molecule has 3 nitrogen and oxygen atoms in total. The molecule has 0 bridgehead atoms. The molecule has 0 N–H and O–H groups in total. The molecule has 1 saturated heterocycles. The predicted molar refractivity (Wildman–Crippen MR) is 53.9 cm³/mol. The summed E-state index contributed by atoms with van der Waals surface area (Å²) >= 11 is 0. The van der Waals surface area contributed by atoms with Crippen LogP contribution in [0, 0.1) is 12.3 Å². The van der Waals surface area contributed by atoms with E-state index in [0.29, 0.717) is 5.41 Å². The Balaban J connectivity index is 0.00000112. The van der Waals surface area contributed by atoms with E-state index in [0.717, 1.165) is 19.8 Å². The van der Waals surface area contributed by atoms with Crippen molar-refractivity contribution in [1.29, 1.82) is 0 Å². The van der Waals surface area contributed by atoms with E-state index in [1.807, 2.05) is 0 Å². The topological polar surface area (TPSA) is 18.0 Å². The van der Waals surface area contributed by atoms with Crippen LogP contribution in [0.5, 0.6) is 0 Å². The summed E-state index contributed by atoms with van der Waals surface area (Å²) in [5, 5.41) is 0. The molecule has 1 aliphatic heterocycles. The SMILES string of the molecule is CCC1(Cn2cc[n+](C)c2C)COC1.[Cl-]. The van der Waals surface area contributed by atoms with E-state index in [1.165, 1.54) is 12.2 Å². The van der Waals surface area contributed by atoms with Gasteiger partial charge >= 0.3 is 0 Å². The van der Waals surface area contributed by atoms with Crippen LogP contribution in [0.15, 0.2) is 12.4 Å². The summed E-state index contributed by atoms with van der Waals surface area (Å²) < 4.78 is 9.81. The lowest BCUT2D eigenvalue weighted by Crippen LogP contribution is -3.00. The van der Waals surface area contributed by atoms with Crippen LogP contribution in [0.3, 0.4) is 0 Å². The maximum atomic E-state index is 5.33. The average molecular weight is 231 g/mol. The number of nitrogens with zero attached hydrogens (tertiary/aromatic N) is 2. The molecule has 0 amide bonds. The predicted octanol–water partition coefficient (Wildman–Crippen LogP) is -1.95. The quantitative estimate of drug-likeness (QED) is 0.553. The normalized spacial score (nSPS) is 18.1. The van der Waals surface area contributed by atoms with Crippen molar-refractivity contribution >= 4 is 0 Å². The van der Waals surface area contributed by atoms with Gasteiger partial charge in [0, 0.05) is 6.92 Å². The van der Waals surface area contributed by atoms with Crippen LogP contribution in [0.25, 0.3) is 0 Å². The number of aryl methyl sites for hydroxylation is 1. The molecule has 0 saturated carbocycles. The fraction of sp³-hybridized carbons (Fsp3) is 0.727. The van der Waals surface area contributed by atoms with Crippen molar-refractivity contribution in [3.8, 4) is 0 Å². The van der Waals surface area contributed by atoms with Crippen LogP contribution in [0.1, 0.15) is 19.2 Å². The molecule has 0 unspecified atom stereocenters. The molecule has 4 heteroatoms. The largest absolute Gasteiger partial charge is 1.00 e. The fourth-order valence-electron chi connectivity index (χ4n) is 1.93. The summed E-state index contributed by atoms with van der Waals surface area (Å²) in [5.74, 6) is 1.31. The van der Waals surface area contributed by atoms with Crippen LogP contribution in [-0.2, 0) is 18.3 Å². The van der Waals surface area contributed by atoms with Gasteiger partial charge in [-0.1, -0.05) is 6.92 Å². The van der Waals surface area contributed by atoms with Crippen molar-refractivity contribution in [3.63, 3.8) is 0 Å². The molecule has 2 rings (SSSR count). The molecule has 0 radical (unpaired) electrons. The number of hydrogen-bond donors (Lipinski definition) is 0. The molecule has 1 aromatic rings. The molecular weight excluding hydrogens is 212 g/mol. The van der Waals surface area contributed by atoms with E-state index in [-0.39, 0.29) is 12.4 Å². The second-order valence-corrected chi connectivity index (χ2v) is 4.43. The molecule has 0 atom stereocenters. The Bertz CT molecular complexity index is 326. The van der Waals surface area contributed by atoms with Gasteiger partial charge in [-0.25, -0.2) is 9.13 Å². The number of imidazole rings is 1. The molecule has 2 heterocycles. The van der Waals surface area contributed by atoms with E-state index >= 15 is 0 Å². The van der Waals surface area contributed by atoms with Crippen molar-refractivity contribution in [3.05, 3.63) is 18.2 Å². The third-order valence-electron chi connectivity index (χ3n) is 3.47. The van der Waals surface area contributed by atoms with Gasteiger partial charge in [-0.2, -0.15) is 0 Å². The van der Waals surface area contributed by atoms with E-state index in [9.17, 15) is 0 Å². The highest BCUT2D eigenvalue weighted by atomic mass is 35.5. The smallest absolute Gasteiger partial charge is 0.253 e. The number of rotatable bonds is 3. The fourth-order valence-corrected chi connectivity index (χ4v) is 1.93. The zero-order valence-corrected chi connectivity index (χ0v) is 10.4. The third-order valence-corrected chi connectivity index (χ3v) is 3.47. The first-order valence-corrected chi connectivity index (χ1v) is 5.26. The van der Waals surface area contributed by atoms with Gasteiger partial charge in [-0.3, -0.25) is 0 Å². The van der Waals surface area contributed by atoms with Crippen LogP contribution in [-0.4, -0.2) is 17.8 Å². The number of ether oxygens (including phenoxy) is 1. The van der Waals surface area contributed by atoms with E-state index in [4.69, 9.17) is 4.74 Å². The van der Waals surface area contributed by atoms with Gasteiger partial charge in [0.25, 0.3) is 5.82 Å². The highest BCUT2D eigenvalue weighted by Crippen LogP contribution is 2.33. The van der Waals surface area contributed by atoms with Crippen molar-refractivity contribution in [2.75, 3.05) is 13.2 Å². The van der Waals surface area contributed by atoms with Gasteiger partial charge in [0.2, 0.25) is 0 Å². The summed E-state index contributed by atoms with van der Waals surface area (Å²) in [6, 6.07) is 0. The summed E-state index contributed by atoms with van der Waals surface area (Å²) in [7, 11) is 2.09. The Kier molecular flexibility index (Phi) is 3.79. The summed E-state index contributed by atoms with van der Waals surface area (Å²) in [5.41, 5.74) is 0.400. The third kappa shape index (κ3) is 2.18. The second-order valence-electron chi connectivity index (χ2n) is 4.43. The van der Waals surface area contributed by atoms with Gasteiger partial charge in [-0.05, 0) is 6.42 Å². The van der Waals surface area contributed by atoms with Gasteiger partial charge in [0.15, 0.2) is 0 Å². The Morgan fingerprint density at radius 2 is 2.20 bits per heavy atom. The standard InChI is InChI=1S/C11H19N2O.ClH/c1-4-11(8-14-9-11)7-13-6-5-12(3)10(13)2;/h5-6H,4,7-9H2,1-3H3;1H/q+1;/p-1. The molecular formula is C11H19ClN2O. The minimum atomic E-state index is 0. The molecule has 15 heavy (non-hydrogen) atoms. The summed E-state index contributed by atoms with van der Waals surface area (Å²) in [4.78, 5) is 0. The first-order chi connectivity index (χ1) is 6.67. The summed E-state index contributed by atoms with van der Waals surface area (Å²) in [6.07, 6.45) is 5.47. The second kappa shape index (κ2) is 4.54. The van der Waals surface area contributed by atoms with E-state index < -0.39 is 0 Å². The van der Waals surface area contributed by atoms with Crippen LogP contribution < -0.4 is 17.0 Å². The van der Waals surface area contributed by atoms with Gasteiger partial charge in [0.1, 0.15) is 18.9 Å². The molecule has 1 aliphatic rings. The summed E-state index contributed by atoms with van der Waals surface area (Å²) in [6.45, 7) is 7.34. The first kappa shape index (κ1) is 12.5. The van der Waals surface area contributed by atoms with Crippen molar-refractivity contribution in [2.24, 2.45) is 12.5 Å². The highest BCUT2D eigenvalue weighted by molar-refractivity contribution is 4.89. The Hall–Kier alpha value is -0.540. The van der Waals surface area contributed by atoms with Crippen LogP contribution in [0.4, 0.5) is 0 Å². The molecule has 0 spiro atoms. The van der Waals surface area contributed by atoms with Crippen molar-refractivity contribution < 1.29 is 21.7 Å². The number of hydrogen-bond acceptors (Lipinski definition) is 1. The maximum Gasteiger partial charge on any atom is 0.253 e. The molecule has 86 valence electrons. The Labute approximate surface area is 97.5 Å². The first-order valence-electron chi connectivity index (χ1n) is 5.26. The maximum absolute atomic E-state index is 5.33. The van der Waals surface area contributed by atoms with Crippen LogP contribution in [0.2, 0.25) is 0 Å². The molecule has 1 aromatic heterocycles. The zero-order valence-electron chi connectivity index (χ0n) is 9.66. The Morgan fingerprint density at radius 1 is 1.53 bits per heavy atom.